The number of anilines is 2. The van der Waals surface area contributed by atoms with Crippen LogP contribution in [0.4, 0.5) is 11.5 Å². The molecule has 18 heavy (non-hydrogen) atoms. The van der Waals surface area contributed by atoms with E-state index in [1.165, 1.54) is 5.56 Å². The Morgan fingerprint density at radius 3 is 2.28 bits per heavy atom. The molecule has 0 saturated carbocycles. The monoisotopic (exact) mass is 242 g/mol. The highest BCUT2D eigenvalue weighted by Gasteiger charge is 2.06. The van der Waals surface area contributed by atoms with E-state index in [4.69, 9.17) is 0 Å². The average Bonchev–Trinajstić information content (AvgIpc) is 2.39. The largest absolute Gasteiger partial charge is 0.389 e. The second kappa shape index (κ2) is 5.19. The summed E-state index contributed by atoms with van der Waals surface area (Å²) < 4.78 is 0. The van der Waals surface area contributed by atoms with Crippen LogP contribution in [0.3, 0.4) is 0 Å². The van der Waals surface area contributed by atoms with E-state index in [-0.39, 0.29) is 0 Å². The van der Waals surface area contributed by atoms with E-state index < -0.39 is 6.10 Å². The first-order valence-electron chi connectivity index (χ1n) is 6.02. The minimum atomic E-state index is -0.476. The van der Waals surface area contributed by atoms with Crippen LogP contribution in [-0.2, 0) is 0 Å². The number of rotatable bonds is 3. The minimum Gasteiger partial charge on any atom is -0.389 e. The van der Waals surface area contributed by atoms with E-state index in [9.17, 15) is 5.11 Å². The van der Waals surface area contributed by atoms with Gasteiger partial charge in [-0.15, -0.1) is 0 Å². The summed E-state index contributed by atoms with van der Waals surface area (Å²) in [6.45, 7) is 3.81. The number of benzene rings is 1. The van der Waals surface area contributed by atoms with Crippen molar-refractivity contribution in [2.24, 2.45) is 0 Å². The summed E-state index contributed by atoms with van der Waals surface area (Å²) >= 11 is 0. The maximum atomic E-state index is 9.45. The number of hydrogen-bond acceptors (Lipinski definition) is 3. The molecule has 1 aromatic carbocycles. The molecule has 0 aliphatic heterocycles. The van der Waals surface area contributed by atoms with Gasteiger partial charge in [-0.2, -0.15) is 0 Å². The molecule has 1 unspecified atom stereocenters. The molecule has 0 spiro atoms. The Morgan fingerprint density at radius 2 is 1.78 bits per heavy atom. The lowest BCUT2D eigenvalue weighted by atomic mass is 10.2. The summed E-state index contributed by atoms with van der Waals surface area (Å²) in [5, 5.41) is 9.45. The Labute approximate surface area is 108 Å². The van der Waals surface area contributed by atoms with Gasteiger partial charge in [0.05, 0.1) is 6.10 Å². The lowest BCUT2D eigenvalue weighted by Gasteiger charge is -2.19. The second-order valence-corrected chi connectivity index (χ2v) is 4.52. The zero-order valence-corrected chi connectivity index (χ0v) is 11.0. The van der Waals surface area contributed by atoms with Crippen LogP contribution in [0.1, 0.15) is 24.2 Å². The van der Waals surface area contributed by atoms with Gasteiger partial charge in [0.15, 0.2) is 0 Å². The number of hydrogen-bond donors (Lipinski definition) is 1. The van der Waals surface area contributed by atoms with Crippen LogP contribution in [0.15, 0.2) is 42.6 Å². The van der Waals surface area contributed by atoms with Crippen molar-refractivity contribution in [2.75, 3.05) is 11.9 Å². The Balaban J connectivity index is 2.23. The zero-order chi connectivity index (χ0) is 13.1. The van der Waals surface area contributed by atoms with Crippen molar-refractivity contribution in [3.63, 3.8) is 0 Å². The van der Waals surface area contributed by atoms with Crippen molar-refractivity contribution in [2.45, 2.75) is 20.0 Å². The van der Waals surface area contributed by atoms with E-state index >= 15 is 0 Å². The number of aliphatic hydroxyl groups is 1. The molecule has 0 aliphatic rings. The molecule has 1 heterocycles. The van der Waals surface area contributed by atoms with E-state index in [1.54, 1.807) is 13.1 Å². The van der Waals surface area contributed by atoms with E-state index in [0.717, 1.165) is 17.1 Å². The Hall–Kier alpha value is -1.87. The van der Waals surface area contributed by atoms with E-state index in [0.29, 0.717) is 0 Å². The summed E-state index contributed by atoms with van der Waals surface area (Å²) in [4.78, 5) is 6.38. The van der Waals surface area contributed by atoms with Crippen LogP contribution in [0.2, 0.25) is 0 Å². The third-order valence-electron chi connectivity index (χ3n) is 3.02. The molecule has 1 atom stereocenters. The van der Waals surface area contributed by atoms with Gasteiger partial charge in [-0.1, -0.05) is 23.8 Å². The van der Waals surface area contributed by atoms with Gasteiger partial charge in [0, 0.05) is 18.9 Å². The van der Waals surface area contributed by atoms with Gasteiger partial charge in [0.25, 0.3) is 0 Å². The summed E-state index contributed by atoms with van der Waals surface area (Å²) in [6.07, 6.45) is 1.24. The molecular weight excluding hydrogens is 224 g/mol. The third-order valence-corrected chi connectivity index (χ3v) is 3.02. The number of pyridine rings is 1. The molecule has 0 bridgehead atoms. The summed E-state index contributed by atoms with van der Waals surface area (Å²) in [5.41, 5.74) is 3.17. The van der Waals surface area contributed by atoms with Crippen molar-refractivity contribution in [3.05, 3.63) is 53.7 Å². The fraction of sp³-hybridized carbons (Fsp3) is 0.267. The minimum absolute atomic E-state index is 0.476. The molecule has 3 nitrogen and oxygen atoms in total. The van der Waals surface area contributed by atoms with Gasteiger partial charge in [-0.3, -0.25) is 0 Å². The fourth-order valence-electron chi connectivity index (χ4n) is 1.74. The number of aromatic nitrogens is 1. The quantitative estimate of drug-likeness (QED) is 0.897. The lowest BCUT2D eigenvalue weighted by Crippen LogP contribution is -2.11. The number of nitrogens with zero attached hydrogens (tertiary/aromatic N) is 2. The second-order valence-electron chi connectivity index (χ2n) is 4.52. The van der Waals surface area contributed by atoms with Gasteiger partial charge in [-0.05, 0) is 37.6 Å². The van der Waals surface area contributed by atoms with Crippen LogP contribution >= 0.6 is 0 Å². The number of aliphatic hydroxyl groups excluding tert-OH is 1. The molecule has 1 N–H and O–H groups in total. The molecule has 1 aromatic heterocycles. The zero-order valence-electron chi connectivity index (χ0n) is 11.0. The summed E-state index contributed by atoms with van der Waals surface area (Å²) in [7, 11) is 1.98. The first-order valence-corrected chi connectivity index (χ1v) is 6.02. The molecule has 0 amide bonds. The SMILES string of the molecule is Cc1ccc(N(C)c2ccc(C(C)O)cn2)cc1. The maximum absolute atomic E-state index is 9.45. The highest BCUT2D eigenvalue weighted by molar-refractivity contribution is 5.59. The van der Waals surface area contributed by atoms with Crippen molar-refractivity contribution in [1.29, 1.82) is 0 Å². The predicted molar refractivity (Wildman–Crippen MR) is 74.1 cm³/mol. The van der Waals surface area contributed by atoms with Crippen LogP contribution in [-0.4, -0.2) is 17.1 Å². The smallest absolute Gasteiger partial charge is 0.132 e. The van der Waals surface area contributed by atoms with Gasteiger partial charge in [-0.25, -0.2) is 4.98 Å². The van der Waals surface area contributed by atoms with Gasteiger partial charge >= 0.3 is 0 Å². The molecule has 0 aliphatic carbocycles. The molecule has 2 rings (SSSR count). The Morgan fingerprint density at radius 1 is 1.11 bits per heavy atom. The fourth-order valence-corrected chi connectivity index (χ4v) is 1.74. The molecule has 0 saturated heterocycles. The highest BCUT2D eigenvalue weighted by Crippen LogP contribution is 2.22. The molecule has 3 heteroatoms. The molecule has 0 radical (unpaired) electrons. The highest BCUT2D eigenvalue weighted by atomic mass is 16.3. The average molecular weight is 242 g/mol. The lowest BCUT2D eigenvalue weighted by molar-refractivity contribution is 0.199. The van der Waals surface area contributed by atoms with Gasteiger partial charge < -0.3 is 10.0 Å². The van der Waals surface area contributed by atoms with E-state index in [2.05, 4.69) is 36.2 Å². The Bertz CT molecular complexity index is 503. The van der Waals surface area contributed by atoms with Crippen molar-refractivity contribution >= 4 is 11.5 Å². The molecule has 0 fully saturated rings. The van der Waals surface area contributed by atoms with E-state index in [1.807, 2.05) is 24.1 Å². The molecule has 2 aromatic rings. The molecular formula is C15H18N2O. The first-order chi connectivity index (χ1) is 8.58. The molecule has 94 valence electrons. The standard InChI is InChI=1S/C15H18N2O/c1-11-4-7-14(8-5-11)17(3)15-9-6-13(10-16-15)12(2)18/h4-10,12,18H,1-3H3. The number of aryl methyl sites for hydroxylation is 1. The summed E-state index contributed by atoms with van der Waals surface area (Å²) in [6, 6.07) is 12.1. The van der Waals surface area contributed by atoms with Crippen LogP contribution in [0.25, 0.3) is 0 Å². The predicted octanol–water partition coefficient (Wildman–Crippen LogP) is 3.21. The topological polar surface area (TPSA) is 36.4 Å². The van der Waals surface area contributed by atoms with Crippen LogP contribution < -0.4 is 4.90 Å². The first kappa shape index (κ1) is 12.6. The van der Waals surface area contributed by atoms with Gasteiger partial charge in [0.2, 0.25) is 0 Å². The maximum Gasteiger partial charge on any atom is 0.132 e. The van der Waals surface area contributed by atoms with Gasteiger partial charge in [0.1, 0.15) is 5.82 Å². The van der Waals surface area contributed by atoms with Crippen LogP contribution in [0.5, 0.6) is 0 Å². The Kier molecular flexibility index (Phi) is 3.63. The third kappa shape index (κ3) is 2.68. The summed E-state index contributed by atoms with van der Waals surface area (Å²) in [5.74, 6) is 0.864. The normalized spacial score (nSPS) is 12.2. The van der Waals surface area contributed by atoms with Crippen LogP contribution in [0, 0.1) is 6.92 Å². The van der Waals surface area contributed by atoms with Crippen molar-refractivity contribution < 1.29 is 5.11 Å². The van der Waals surface area contributed by atoms with Crippen molar-refractivity contribution in [1.82, 2.24) is 4.98 Å². The van der Waals surface area contributed by atoms with Crippen molar-refractivity contribution in [3.8, 4) is 0 Å².